The van der Waals surface area contributed by atoms with Crippen molar-refractivity contribution in [1.82, 2.24) is 0 Å². The fourth-order valence-electron chi connectivity index (χ4n) is 10.9. The summed E-state index contributed by atoms with van der Waals surface area (Å²) in [6.07, 6.45) is 86.2. The molecular formula is C74H138O6. The van der Waals surface area contributed by atoms with Crippen LogP contribution in [0.3, 0.4) is 0 Å². The van der Waals surface area contributed by atoms with Crippen LogP contribution in [0.5, 0.6) is 0 Å². The van der Waals surface area contributed by atoms with E-state index >= 15 is 0 Å². The van der Waals surface area contributed by atoms with Crippen LogP contribution in [-0.2, 0) is 28.6 Å². The van der Waals surface area contributed by atoms with Gasteiger partial charge in [-0.2, -0.15) is 0 Å². The summed E-state index contributed by atoms with van der Waals surface area (Å²) in [7, 11) is 0. The molecule has 0 aromatic carbocycles. The molecule has 0 aromatic rings. The fourth-order valence-corrected chi connectivity index (χ4v) is 10.9. The van der Waals surface area contributed by atoms with Gasteiger partial charge in [-0.05, 0) is 96.3 Å². The zero-order valence-electron chi connectivity index (χ0n) is 54.1. The highest BCUT2D eigenvalue weighted by Gasteiger charge is 2.19. The summed E-state index contributed by atoms with van der Waals surface area (Å²) in [5, 5.41) is 0. The Morgan fingerprint density at radius 3 is 0.650 bits per heavy atom. The lowest BCUT2D eigenvalue weighted by atomic mass is 10.0. The number of carbonyl (C=O) groups excluding carboxylic acids is 3. The van der Waals surface area contributed by atoms with Crippen LogP contribution in [0.2, 0.25) is 0 Å². The number of ether oxygens (including phenoxy) is 3. The van der Waals surface area contributed by atoms with Gasteiger partial charge < -0.3 is 14.2 Å². The van der Waals surface area contributed by atoms with Crippen molar-refractivity contribution in [2.75, 3.05) is 13.2 Å². The smallest absolute Gasteiger partial charge is 0.306 e. The van der Waals surface area contributed by atoms with Crippen LogP contribution < -0.4 is 0 Å². The maximum Gasteiger partial charge on any atom is 0.306 e. The zero-order chi connectivity index (χ0) is 57.8. The first-order valence-electron chi connectivity index (χ1n) is 36.0. The topological polar surface area (TPSA) is 78.9 Å². The molecule has 0 N–H and O–H groups in total. The first-order valence-corrected chi connectivity index (χ1v) is 36.0. The van der Waals surface area contributed by atoms with E-state index in [0.717, 1.165) is 64.2 Å². The Kier molecular flexibility index (Phi) is 67.1. The van der Waals surface area contributed by atoms with Crippen molar-refractivity contribution >= 4 is 17.9 Å². The van der Waals surface area contributed by atoms with Gasteiger partial charge in [0, 0.05) is 19.3 Å². The Bertz CT molecular complexity index is 1340. The molecule has 0 radical (unpaired) electrons. The molecular weight excluding hydrogens is 985 g/mol. The van der Waals surface area contributed by atoms with Crippen LogP contribution in [0.1, 0.15) is 400 Å². The van der Waals surface area contributed by atoms with Crippen molar-refractivity contribution in [3.63, 3.8) is 0 Å². The average molecular weight is 1120 g/mol. The fraction of sp³-hybridized carbons (Fsp3) is 0.878. The third kappa shape index (κ3) is 66.4. The van der Waals surface area contributed by atoms with E-state index in [1.54, 1.807) is 0 Å². The van der Waals surface area contributed by atoms with Crippen molar-refractivity contribution in [3.8, 4) is 0 Å². The quantitative estimate of drug-likeness (QED) is 0.0261. The Morgan fingerprint density at radius 1 is 0.237 bits per heavy atom. The molecule has 0 fully saturated rings. The Labute approximate surface area is 499 Å². The van der Waals surface area contributed by atoms with Gasteiger partial charge in [-0.1, -0.05) is 320 Å². The molecule has 6 heteroatoms. The van der Waals surface area contributed by atoms with Gasteiger partial charge in [0.15, 0.2) is 6.10 Å². The summed E-state index contributed by atoms with van der Waals surface area (Å²) in [5.41, 5.74) is 0. The third-order valence-corrected chi connectivity index (χ3v) is 16.3. The van der Waals surface area contributed by atoms with E-state index in [4.69, 9.17) is 14.2 Å². The van der Waals surface area contributed by atoms with Gasteiger partial charge in [0.05, 0.1) is 0 Å². The number of carbonyl (C=O) groups is 3. The molecule has 1 unspecified atom stereocenters. The summed E-state index contributed by atoms with van der Waals surface area (Å²) in [5.74, 6) is -0.856. The molecule has 0 saturated carbocycles. The second kappa shape index (κ2) is 69.1. The largest absolute Gasteiger partial charge is 0.462 e. The monoisotopic (exact) mass is 1120 g/mol. The number of rotatable bonds is 67. The first kappa shape index (κ1) is 77.6. The van der Waals surface area contributed by atoms with Gasteiger partial charge in [0.25, 0.3) is 0 Å². The summed E-state index contributed by atoms with van der Waals surface area (Å²) < 4.78 is 17.0. The lowest BCUT2D eigenvalue weighted by molar-refractivity contribution is -0.167. The van der Waals surface area contributed by atoms with Crippen LogP contribution in [0.4, 0.5) is 0 Å². The van der Waals surface area contributed by atoms with Crippen molar-refractivity contribution in [2.45, 2.75) is 406 Å². The van der Waals surface area contributed by atoms with Gasteiger partial charge in [-0.15, -0.1) is 0 Å². The molecule has 470 valence electrons. The minimum atomic E-state index is -0.775. The molecule has 0 rings (SSSR count). The van der Waals surface area contributed by atoms with E-state index in [1.807, 2.05) is 0 Å². The van der Waals surface area contributed by atoms with Gasteiger partial charge in [-0.3, -0.25) is 14.4 Å². The minimum absolute atomic E-state index is 0.0710. The number of hydrogen-bond donors (Lipinski definition) is 0. The van der Waals surface area contributed by atoms with Gasteiger partial charge in [-0.25, -0.2) is 0 Å². The predicted octanol–water partition coefficient (Wildman–Crippen LogP) is 24.7. The molecule has 0 aliphatic heterocycles. The van der Waals surface area contributed by atoms with Gasteiger partial charge in [0.2, 0.25) is 0 Å². The van der Waals surface area contributed by atoms with Crippen molar-refractivity contribution in [2.24, 2.45) is 0 Å². The van der Waals surface area contributed by atoms with E-state index in [0.29, 0.717) is 19.3 Å². The molecule has 0 bridgehead atoms. The van der Waals surface area contributed by atoms with E-state index in [1.165, 1.54) is 295 Å². The van der Waals surface area contributed by atoms with Crippen LogP contribution in [0.15, 0.2) is 36.5 Å². The molecule has 0 spiro atoms. The van der Waals surface area contributed by atoms with Gasteiger partial charge in [0.1, 0.15) is 13.2 Å². The van der Waals surface area contributed by atoms with Gasteiger partial charge >= 0.3 is 17.9 Å². The highest BCUT2D eigenvalue weighted by Crippen LogP contribution is 2.18. The van der Waals surface area contributed by atoms with E-state index in [9.17, 15) is 14.4 Å². The Hall–Kier alpha value is -2.37. The molecule has 1 atom stereocenters. The maximum atomic E-state index is 12.9. The molecule has 0 aromatic heterocycles. The number of hydrogen-bond acceptors (Lipinski definition) is 6. The average Bonchev–Trinajstić information content (AvgIpc) is 3.46. The summed E-state index contributed by atoms with van der Waals surface area (Å²) in [6, 6.07) is 0. The summed E-state index contributed by atoms with van der Waals surface area (Å²) >= 11 is 0. The molecule has 0 aliphatic rings. The zero-order valence-corrected chi connectivity index (χ0v) is 54.1. The summed E-state index contributed by atoms with van der Waals surface area (Å²) in [4.78, 5) is 38.4. The SMILES string of the molecule is CCCCC/C=C\CCCCCCCC(=O)OCC(COC(=O)CCCCCCCCCCCCCCCCCCCCC/C=C\CCCCCCCCCC)OC(=O)CCCCCCCCCCC/C=C\CCCCCCCC. The summed E-state index contributed by atoms with van der Waals surface area (Å²) in [6.45, 7) is 6.67. The maximum absolute atomic E-state index is 12.9. The van der Waals surface area contributed by atoms with Crippen LogP contribution >= 0.6 is 0 Å². The van der Waals surface area contributed by atoms with E-state index in [-0.39, 0.29) is 31.1 Å². The lowest BCUT2D eigenvalue weighted by Gasteiger charge is -2.18. The van der Waals surface area contributed by atoms with Crippen LogP contribution in [0, 0.1) is 0 Å². The highest BCUT2D eigenvalue weighted by molar-refractivity contribution is 5.71. The molecule has 0 heterocycles. The number of unbranched alkanes of at least 4 members (excludes halogenated alkanes) is 50. The molecule has 80 heavy (non-hydrogen) atoms. The first-order chi connectivity index (χ1) is 39.5. The van der Waals surface area contributed by atoms with Crippen molar-refractivity contribution < 1.29 is 28.6 Å². The minimum Gasteiger partial charge on any atom is -0.462 e. The van der Waals surface area contributed by atoms with Crippen molar-refractivity contribution in [3.05, 3.63) is 36.5 Å². The molecule has 0 amide bonds. The number of esters is 3. The van der Waals surface area contributed by atoms with Crippen LogP contribution in [0.25, 0.3) is 0 Å². The molecule has 6 nitrogen and oxygen atoms in total. The second-order valence-electron chi connectivity index (χ2n) is 24.5. The Balaban J connectivity index is 4.13. The standard InChI is InChI=1S/C74H138O6/c1-4-7-10-13-16-19-22-25-27-29-31-32-33-34-35-36-37-38-39-40-41-42-44-45-47-49-52-55-58-61-64-67-73(76)79-70-71(69-78-72(75)66-63-60-57-54-51-24-21-18-15-12-9-6-3)80-74(77)68-65-62-59-56-53-50-48-46-43-30-28-26-23-20-17-14-11-8-5-2/h18,21,26,28-29,31,71H,4-17,19-20,22-25,27,30,32-70H2,1-3H3/b21-18-,28-26-,31-29-. The lowest BCUT2D eigenvalue weighted by Crippen LogP contribution is -2.30. The molecule has 0 aliphatic carbocycles. The normalized spacial score (nSPS) is 12.2. The predicted molar refractivity (Wildman–Crippen MR) is 349 cm³/mol. The third-order valence-electron chi connectivity index (χ3n) is 16.3. The van der Waals surface area contributed by atoms with E-state index < -0.39 is 6.10 Å². The van der Waals surface area contributed by atoms with Crippen LogP contribution in [-0.4, -0.2) is 37.2 Å². The molecule has 0 saturated heterocycles. The second-order valence-corrected chi connectivity index (χ2v) is 24.5. The van der Waals surface area contributed by atoms with E-state index in [2.05, 4.69) is 57.2 Å². The van der Waals surface area contributed by atoms with Crippen molar-refractivity contribution in [1.29, 1.82) is 0 Å². The highest BCUT2D eigenvalue weighted by atomic mass is 16.6. The number of allylic oxidation sites excluding steroid dienone is 6. The Morgan fingerprint density at radius 2 is 0.412 bits per heavy atom.